The van der Waals surface area contributed by atoms with Crippen molar-refractivity contribution in [3.63, 3.8) is 0 Å². The van der Waals surface area contributed by atoms with Crippen molar-refractivity contribution in [3.05, 3.63) is 10.4 Å². The van der Waals surface area contributed by atoms with Crippen molar-refractivity contribution >= 4 is 14.4 Å². The molecule has 0 spiro atoms. The Labute approximate surface area is 146 Å². The van der Waals surface area contributed by atoms with Crippen LogP contribution < -0.4 is 0 Å². The fourth-order valence-electron chi connectivity index (χ4n) is 2.40. The third kappa shape index (κ3) is 5.68. The first-order chi connectivity index (χ1) is 10.8. The van der Waals surface area contributed by atoms with Crippen molar-refractivity contribution in [1.29, 1.82) is 0 Å². The number of azide groups is 1. The molecule has 1 fully saturated rings. The zero-order valence-corrected chi connectivity index (χ0v) is 17.3. The minimum atomic E-state index is -1.92. The molecule has 0 bridgehead atoms. The van der Waals surface area contributed by atoms with E-state index in [2.05, 4.69) is 43.9 Å². The van der Waals surface area contributed by atoms with Crippen LogP contribution in [0.3, 0.4) is 0 Å². The second-order valence-corrected chi connectivity index (χ2v) is 13.7. The van der Waals surface area contributed by atoms with Gasteiger partial charge in [-0.05, 0) is 50.9 Å². The van der Waals surface area contributed by atoms with E-state index in [0.717, 1.165) is 0 Å². The van der Waals surface area contributed by atoms with Crippen molar-refractivity contribution in [1.82, 2.24) is 4.90 Å². The highest BCUT2D eigenvalue weighted by molar-refractivity contribution is 6.74. The molecule has 0 saturated carbocycles. The van der Waals surface area contributed by atoms with Crippen molar-refractivity contribution < 1.29 is 14.0 Å². The van der Waals surface area contributed by atoms with Crippen LogP contribution in [0.1, 0.15) is 48.0 Å². The molecule has 0 aromatic carbocycles. The maximum absolute atomic E-state index is 12.5. The lowest BCUT2D eigenvalue weighted by molar-refractivity contribution is 0.0216. The van der Waals surface area contributed by atoms with Gasteiger partial charge in [0.1, 0.15) is 5.60 Å². The molecule has 1 aliphatic heterocycles. The Morgan fingerprint density at radius 1 is 1.29 bits per heavy atom. The lowest BCUT2D eigenvalue weighted by Gasteiger charge is -2.38. The standard InChI is InChI=1S/C16H32N4O3Si/c1-15(2,3)22-14(21)20-11-13(9-12(20)10-18-19-17)23-24(7,8)16(4,5)6/h12-13H,9-11H2,1-8H3/t12-,13+/m1/s1. The average Bonchev–Trinajstić information content (AvgIpc) is 2.75. The Balaban J connectivity index is 2.87. The molecule has 7 nitrogen and oxygen atoms in total. The number of rotatable bonds is 4. The van der Waals surface area contributed by atoms with E-state index in [9.17, 15) is 4.79 Å². The van der Waals surface area contributed by atoms with E-state index in [1.54, 1.807) is 4.90 Å². The molecular weight excluding hydrogens is 324 g/mol. The number of carbonyl (C=O) groups is 1. The van der Waals surface area contributed by atoms with Crippen LogP contribution in [-0.2, 0) is 9.16 Å². The van der Waals surface area contributed by atoms with E-state index in [4.69, 9.17) is 14.7 Å². The van der Waals surface area contributed by atoms with Gasteiger partial charge in [-0.25, -0.2) is 4.79 Å². The molecule has 2 atom stereocenters. The predicted molar refractivity (Wildman–Crippen MR) is 97.4 cm³/mol. The monoisotopic (exact) mass is 356 g/mol. The lowest BCUT2D eigenvalue weighted by Crippen LogP contribution is -2.45. The van der Waals surface area contributed by atoms with Gasteiger partial charge in [0.05, 0.1) is 6.10 Å². The zero-order valence-electron chi connectivity index (χ0n) is 16.3. The second kappa shape index (κ2) is 7.33. The van der Waals surface area contributed by atoms with Crippen molar-refractivity contribution in [2.45, 2.75) is 83.8 Å². The second-order valence-electron chi connectivity index (χ2n) is 8.94. The molecular formula is C16H32N4O3Si. The van der Waals surface area contributed by atoms with Crippen LogP contribution in [0.15, 0.2) is 5.11 Å². The SMILES string of the molecule is CC(C)(C)OC(=O)N1C[C@@H](O[Si](C)(C)C(C)(C)C)C[C@@H]1CN=[N+]=[N-]. The smallest absolute Gasteiger partial charge is 0.410 e. The molecule has 1 rings (SSSR count). The van der Waals surface area contributed by atoms with Gasteiger partial charge in [0.15, 0.2) is 8.32 Å². The number of likely N-dealkylation sites (tertiary alicyclic amines) is 1. The molecule has 1 heterocycles. The van der Waals surface area contributed by atoms with Crippen molar-refractivity contribution in [3.8, 4) is 0 Å². The van der Waals surface area contributed by atoms with E-state index < -0.39 is 13.9 Å². The highest BCUT2D eigenvalue weighted by Crippen LogP contribution is 2.39. The number of amides is 1. The molecule has 0 aromatic rings. The van der Waals surface area contributed by atoms with Gasteiger partial charge in [-0.1, -0.05) is 25.9 Å². The van der Waals surface area contributed by atoms with Crippen LogP contribution in [0.4, 0.5) is 4.79 Å². The highest BCUT2D eigenvalue weighted by atomic mass is 28.4. The van der Waals surface area contributed by atoms with Gasteiger partial charge in [-0.3, -0.25) is 0 Å². The quantitative estimate of drug-likeness (QED) is 0.316. The van der Waals surface area contributed by atoms with Gasteiger partial charge in [0, 0.05) is 24.0 Å². The third-order valence-corrected chi connectivity index (χ3v) is 9.16. The van der Waals surface area contributed by atoms with E-state index in [0.29, 0.717) is 13.0 Å². The normalized spacial score (nSPS) is 22.2. The van der Waals surface area contributed by atoms with E-state index in [-0.39, 0.29) is 29.8 Å². The van der Waals surface area contributed by atoms with Crippen LogP contribution in [0.25, 0.3) is 10.4 Å². The summed E-state index contributed by atoms with van der Waals surface area (Å²) in [4.78, 5) is 16.9. The Morgan fingerprint density at radius 2 is 1.88 bits per heavy atom. The number of carbonyl (C=O) groups excluding carboxylic acids is 1. The summed E-state index contributed by atoms with van der Waals surface area (Å²) >= 11 is 0. The molecule has 1 amide bonds. The van der Waals surface area contributed by atoms with E-state index in [1.807, 2.05) is 20.8 Å². The van der Waals surface area contributed by atoms with E-state index in [1.165, 1.54) is 0 Å². The lowest BCUT2D eigenvalue weighted by atomic mass is 10.2. The molecule has 24 heavy (non-hydrogen) atoms. The minimum Gasteiger partial charge on any atom is -0.444 e. The average molecular weight is 357 g/mol. The van der Waals surface area contributed by atoms with Gasteiger partial charge in [0.25, 0.3) is 0 Å². The van der Waals surface area contributed by atoms with Crippen LogP contribution >= 0.6 is 0 Å². The number of hydrogen-bond donors (Lipinski definition) is 0. The molecule has 138 valence electrons. The number of nitrogens with zero attached hydrogens (tertiary/aromatic N) is 4. The Hall–Kier alpha value is -1.24. The minimum absolute atomic E-state index is 0.0442. The molecule has 0 radical (unpaired) electrons. The highest BCUT2D eigenvalue weighted by Gasteiger charge is 2.44. The number of ether oxygens (including phenoxy) is 1. The fourth-order valence-corrected chi connectivity index (χ4v) is 3.76. The summed E-state index contributed by atoms with van der Waals surface area (Å²) < 4.78 is 11.9. The summed E-state index contributed by atoms with van der Waals surface area (Å²) in [7, 11) is -1.92. The van der Waals surface area contributed by atoms with Crippen LogP contribution in [-0.4, -0.2) is 50.1 Å². The largest absolute Gasteiger partial charge is 0.444 e. The molecule has 0 N–H and O–H groups in total. The maximum Gasteiger partial charge on any atom is 0.410 e. The van der Waals surface area contributed by atoms with Gasteiger partial charge >= 0.3 is 6.09 Å². The molecule has 0 aromatic heterocycles. The van der Waals surface area contributed by atoms with Gasteiger partial charge in [-0.15, -0.1) is 0 Å². The molecule has 0 unspecified atom stereocenters. The maximum atomic E-state index is 12.5. The topological polar surface area (TPSA) is 87.5 Å². The van der Waals surface area contributed by atoms with Crippen molar-refractivity contribution in [2.24, 2.45) is 5.11 Å². The molecule has 1 saturated heterocycles. The Morgan fingerprint density at radius 3 is 2.33 bits per heavy atom. The van der Waals surface area contributed by atoms with Crippen LogP contribution in [0.2, 0.25) is 18.1 Å². The van der Waals surface area contributed by atoms with E-state index >= 15 is 0 Å². The molecule has 8 heteroatoms. The molecule has 0 aliphatic carbocycles. The summed E-state index contributed by atoms with van der Waals surface area (Å²) in [6, 6.07) is -0.175. The Bertz CT molecular complexity index is 504. The summed E-state index contributed by atoms with van der Waals surface area (Å²) in [5.41, 5.74) is 8.04. The summed E-state index contributed by atoms with van der Waals surface area (Å²) in [5, 5.41) is 3.75. The first-order valence-corrected chi connectivity index (χ1v) is 11.4. The first-order valence-electron chi connectivity index (χ1n) is 8.45. The van der Waals surface area contributed by atoms with Gasteiger partial charge in [-0.2, -0.15) is 0 Å². The Kier molecular flexibility index (Phi) is 6.35. The summed E-state index contributed by atoms with van der Waals surface area (Å²) in [6.45, 7) is 17.2. The van der Waals surface area contributed by atoms with Gasteiger partial charge < -0.3 is 14.1 Å². The van der Waals surface area contributed by atoms with Crippen molar-refractivity contribution in [2.75, 3.05) is 13.1 Å². The molecule has 1 aliphatic rings. The zero-order chi connectivity index (χ0) is 18.8. The predicted octanol–water partition coefficient (Wildman–Crippen LogP) is 4.70. The fraction of sp³-hybridized carbons (Fsp3) is 0.938. The summed E-state index contributed by atoms with van der Waals surface area (Å²) in [5.74, 6) is 0. The summed E-state index contributed by atoms with van der Waals surface area (Å²) in [6.07, 6.45) is 0.254. The van der Waals surface area contributed by atoms with Crippen LogP contribution in [0, 0.1) is 0 Å². The van der Waals surface area contributed by atoms with Gasteiger partial charge in [0.2, 0.25) is 0 Å². The van der Waals surface area contributed by atoms with Crippen LogP contribution in [0.5, 0.6) is 0 Å². The number of hydrogen-bond acceptors (Lipinski definition) is 4. The first kappa shape index (κ1) is 20.8. The third-order valence-electron chi connectivity index (χ3n) is 4.63.